The average molecular weight is 272 g/mol. The molecule has 1 saturated carbocycles. The highest BCUT2D eigenvalue weighted by Crippen LogP contribution is 2.29. The van der Waals surface area contributed by atoms with Gasteiger partial charge in [-0.05, 0) is 25.0 Å². The zero-order chi connectivity index (χ0) is 14.0. The van der Waals surface area contributed by atoms with E-state index in [9.17, 15) is 18.0 Å². The molecular weight excluding hydrogens is 257 g/mol. The van der Waals surface area contributed by atoms with Crippen molar-refractivity contribution in [3.63, 3.8) is 0 Å². The van der Waals surface area contributed by atoms with Gasteiger partial charge < -0.3 is 11.1 Å². The van der Waals surface area contributed by atoms with Crippen LogP contribution >= 0.6 is 0 Å². The van der Waals surface area contributed by atoms with Crippen molar-refractivity contribution in [1.82, 2.24) is 5.32 Å². The lowest BCUT2D eigenvalue weighted by molar-refractivity contribution is 0.0902. The maximum Gasteiger partial charge on any atom is 0.251 e. The van der Waals surface area contributed by atoms with Gasteiger partial charge in [0.25, 0.3) is 5.91 Å². The van der Waals surface area contributed by atoms with Crippen LogP contribution in [-0.2, 0) is 0 Å². The molecular formula is C13H15F3N2O. The molecule has 0 radical (unpaired) electrons. The quantitative estimate of drug-likeness (QED) is 0.828. The van der Waals surface area contributed by atoms with Crippen LogP contribution in [0.5, 0.6) is 0 Å². The van der Waals surface area contributed by atoms with Gasteiger partial charge in [-0.3, -0.25) is 4.79 Å². The van der Waals surface area contributed by atoms with E-state index >= 15 is 0 Å². The number of benzene rings is 1. The predicted molar refractivity (Wildman–Crippen MR) is 64.0 cm³/mol. The molecule has 0 saturated heterocycles. The van der Waals surface area contributed by atoms with E-state index in [1.807, 2.05) is 0 Å². The van der Waals surface area contributed by atoms with Gasteiger partial charge in [-0.25, -0.2) is 13.2 Å². The minimum Gasteiger partial charge on any atom is -0.345 e. The van der Waals surface area contributed by atoms with E-state index in [2.05, 4.69) is 5.32 Å². The second-order valence-corrected chi connectivity index (χ2v) is 4.90. The highest BCUT2D eigenvalue weighted by Gasteiger charge is 2.34. The highest BCUT2D eigenvalue weighted by atomic mass is 19.2. The Morgan fingerprint density at radius 2 is 1.74 bits per heavy atom. The summed E-state index contributed by atoms with van der Waals surface area (Å²) in [5.41, 5.74) is 4.90. The fourth-order valence-electron chi connectivity index (χ4n) is 2.43. The van der Waals surface area contributed by atoms with Gasteiger partial charge in [0.2, 0.25) is 0 Å². The first-order valence-corrected chi connectivity index (χ1v) is 6.14. The van der Waals surface area contributed by atoms with Crippen LogP contribution in [0.3, 0.4) is 0 Å². The molecule has 104 valence electrons. The topological polar surface area (TPSA) is 55.1 Å². The largest absolute Gasteiger partial charge is 0.345 e. The number of nitrogens with one attached hydrogen (secondary N) is 1. The molecule has 19 heavy (non-hydrogen) atoms. The summed E-state index contributed by atoms with van der Waals surface area (Å²) in [4.78, 5) is 12.0. The smallest absolute Gasteiger partial charge is 0.251 e. The molecule has 0 unspecified atom stereocenters. The molecule has 1 aromatic rings. The Morgan fingerprint density at radius 3 is 2.21 bits per heavy atom. The molecule has 3 N–H and O–H groups in total. The Kier molecular flexibility index (Phi) is 3.80. The average Bonchev–Trinajstić information content (AvgIpc) is 2.84. The summed E-state index contributed by atoms with van der Waals surface area (Å²) in [6.45, 7) is 0.269. The lowest BCUT2D eigenvalue weighted by Gasteiger charge is -2.28. The number of carbonyl (C=O) groups is 1. The molecule has 1 fully saturated rings. The second kappa shape index (κ2) is 5.21. The summed E-state index contributed by atoms with van der Waals surface area (Å²) in [5.74, 6) is -4.96. The lowest BCUT2D eigenvalue weighted by atomic mass is 9.97. The third-order valence-corrected chi connectivity index (χ3v) is 3.58. The second-order valence-electron chi connectivity index (χ2n) is 4.90. The van der Waals surface area contributed by atoms with Crippen LogP contribution in [0.2, 0.25) is 0 Å². The molecule has 2 rings (SSSR count). The molecule has 1 aliphatic carbocycles. The fourth-order valence-corrected chi connectivity index (χ4v) is 2.43. The lowest BCUT2D eigenvalue weighted by Crippen LogP contribution is -2.51. The number of carbonyl (C=O) groups excluding carboxylic acids is 1. The molecule has 0 aromatic heterocycles. The van der Waals surface area contributed by atoms with Gasteiger partial charge in [-0.2, -0.15) is 0 Å². The van der Waals surface area contributed by atoms with E-state index < -0.39 is 28.9 Å². The van der Waals surface area contributed by atoms with Crippen LogP contribution in [0, 0.1) is 17.5 Å². The van der Waals surface area contributed by atoms with Crippen LogP contribution in [0.4, 0.5) is 13.2 Å². The molecule has 0 spiro atoms. The maximum absolute atomic E-state index is 13.1. The van der Waals surface area contributed by atoms with Crippen molar-refractivity contribution >= 4 is 5.91 Å². The normalized spacial score (nSPS) is 17.5. The summed E-state index contributed by atoms with van der Waals surface area (Å²) < 4.78 is 39.0. The third kappa shape index (κ3) is 2.73. The van der Waals surface area contributed by atoms with E-state index in [1.54, 1.807) is 0 Å². The van der Waals surface area contributed by atoms with Crippen LogP contribution in [0.1, 0.15) is 36.0 Å². The van der Waals surface area contributed by atoms with Gasteiger partial charge in [0.05, 0.1) is 5.54 Å². The first-order valence-electron chi connectivity index (χ1n) is 6.14. The van der Waals surface area contributed by atoms with Gasteiger partial charge >= 0.3 is 0 Å². The Morgan fingerprint density at radius 1 is 1.21 bits per heavy atom. The molecule has 6 heteroatoms. The Hall–Kier alpha value is -1.56. The van der Waals surface area contributed by atoms with E-state index in [-0.39, 0.29) is 12.1 Å². The molecule has 1 amide bonds. The van der Waals surface area contributed by atoms with Gasteiger partial charge in [-0.1, -0.05) is 12.8 Å². The molecule has 0 aliphatic heterocycles. The molecule has 1 aliphatic rings. The van der Waals surface area contributed by atoms with Crippen LogP contribution in [0.25, 0.3) is 0 Å². The number of halogens is 3. The fraction of sp³-hybridized carbons (Fsp3) is 0.462. The van der Waals surface area contributed by atoms with Crippen molar-refractivity contribution < 1.29 is 18.0 Å². The van der Waals surface area contributed by atoms with Gasteiger partial charge in [0, 0.05) is 12.1 Å². The van der Waals surface area contributed by atoms with Crippen molar-refractivity contribution in [2.75, 3.05) is 6.54 Å². The Bertz CT molecular complexity index is 476. The molecule has 1 aromatic carbocycles. The summed E-state index contributed by atoms with van der Waals surface area (Å²) in [6.07, 6.45) is 3.37. The van der Waals surface area contributed by atoms with Gasteiger partial charge in [0.1, 0.15) is 0 Å². The Labute approximate surface area is 109 Å². The summed E-state index contributed by atoms with van der Waals surface area (Å²) in [7, 11) is 0. The number of hydrogen-bond donors (Lipinski definition) is 2. The molecule has 0 atom stereocenters. The zero-order valence-corrected chi connectivity index (χ0v) is 10.3. The first kappa shape index (κ1) is 13.9. The zero-order valence-electron chi connectivity index (χ0n) is 10.3. The van der Waals surface area contributed by atoms with Crippen molar-refractivity contribution in [2.45, 2.75) is 31.2 Å². The van der Waals surface area contributed by atoms with Crippen LogP contribution in [0.15, 0.2) is 12.1 Å². The Balaban J connectivity index is 2.20. The standard InChI is InChI=1S/C13H15F3N2O/c14-9-5-8(6-10(15)11(9)16)12(19)18-13(7-17)3-1-2-4-13/h5-6H,1-4,7,17H2,(H,18,19). The SMILES string of the molecule is NCC1(NC(=O)c2cc(F)c(F)c(F)c2)CCCC1. The highest BCUT2D eigenvalue weighted by molar-refractivity contribution is 5.94. The van der Waals surface area contributed by atoms with Crippen LogP contribution < -0.4 is 11.1 Å². The van der Waals surface area contributed by atoms with Gasteiger partial charge in [0.15, 0.2) is 17.5 Å². The summed E-state index contributed by atoms with van der Waals surface area (Å²) >= 11 is 0. The molecule has 0 bridgehead atoms. The van der Waals surface area contributed by atoms with E-state index in [4.69, 9.17) is 5.73 Å². The number of amides is 1. The van der Waals surface area contributed by atoms with Crippen LogP contribution in [-0.4, -0.2) is 18.0 Å². The van der Waals surface area contributed by atoms with Crippen molar-refractivity contribution in [3.05, 3.63) is 35.1 Å². The minimum atomic E-state index is -1.58. The van der Waals surface area contributed by atoms with E-state index in [0.717, 1.165) is 25.7 Å². The maximum atomic E-state index is 13.1. The first-order chi connectivity index (χ1) is 8.97. The monoisotopic (exact) mass is 272 g/mol. The number of hydrogen-bond acceptors (Lipinski definition) is 2. The molecule has 0 heterocycles. The van der Waals surface area contributed by atoms with Crippen molar-refractivity contribution in [2.24, 2.45) is 5.73 Å². The van der Waals surface area contributed by atoms with E-state index in [1.165, 1.54) is 0 Å². The summed E-state index contributed by atoms with van der Waals surface area (Å²) in [5, 5.41) is 2.71. The summed E-state index contributed by atoms with van der Waals surface area (Å²) in [6, 6.07) is 1.37. The minimum absolute atomic E-state index is 0.240. The number of nitrogens with two attached hydrogens (primary N) is 1. The molecule has 3 nitrogen and oxygen atoms in total. The van der Waals surface area contributed by atoms with E-state index in [0.29, 0.717) is 12.1 Å². The van der Waals surface area contributed by atoms with Crippen molar-refractivity contribution in [1.29, 1.82) is 0 Å². The van der Waals surface area contributed by atoms with Gasteiger partial charge in [-0.15, -0.1) is 0 Å². The number of rotatable bonds is 3. The van der Waals surface area contributed by atoms with Crippen molar-refractivity contribution in [3.8, 4) is 0 Å². The predicted octanol–water partition coefficient (Wildman–Crippen LogP) is 2.11. The third-order valence-electron chi connectivity index (χ3n) is 3.58.